The van der Waals surface area contributed by atoms with Crippen molar-refractivity contribution in [2.75, 3.05) is 26.7 Å². The number of nitrogens with zero attached hydrogens (tertiary/aromatic N) is 1. The SMILES string of the molecule is CNCCCNC(=O)CCCN1C(=O)c2cccc3cccc(c23)C1=O.Cl. The molecule has 6 nitrogen and oxygen atoms in total. The first-order valence-electron chi connectivity index (χ1n) is 8.92. The van der Waals surface area contributed by atoms with Gasteiger partial charge in [-0.2, -0.15) is 0 Å². The third kappa shape index (κ3) is 4.46. The Bertz CT molecular complexity index is 803. The minimum absolute atomic E-state index is 0. The Labute approximate surface area is 164 Å². The Balaban J connectivity index is 0.00000261. The third-order valence-corrected chi connectivity index (χ3v) is 4.57. The second-order valence-electron chi connectivity index (χ2n) is 6.38. The molecule has 2 N–H and O–H groups in total. The highest BCUT2D eigenvalue weighted by Gasteiger charge is 2.32. The van der Waals surface area contributed by atoms with Gasteiger partial charge in [0, 0.05) is 36.0 Å². The molecule has 0 saturated carbocycles. The Hall–Kier alpha value is -2.44. The fraction of sp³-hybridized carbons (Fsp3) is 0.350. The van der Waals surface area contributed by atoms with Crippen LogP contribution in [0.15, 0.2) is 36.4 Å². The minimum atomic E-state index is -0.284. The smallest absolute Gasteiger partial charge is 0.261 e. The second-order valence-corrected chi connectivity index (χ2v) is 6.38. The molecule has 0 aromatic heterocycles. The number of carbonyl (C=O) groups is 3. The van der Waals surface area contributed by atoms with E-state index in [0.717, 1.165) is 23.7 Å². The molecule has 1 aliphatic heterocycles. The van der Waals surface area contributed by atoms with Crippen molar-refractivity contribution in [2.45, 2.75) is 19.3 Å². The van der Waals surface area contributed by atoms with Crippen LogP contribution in [0.1, 0.15) is 40.0 Å². The molecule has 27 heavy (non-hydrogen) atoms. The topological polar surface area (TPSA) is 78.5 Å². The molecule has 3 rings (SSSR count). The first-order valence-corrected chi connectivity index (χ1v) is 8.92. The van der Waals surface area contributed by atoms with E-state index in [1.54, 1.807) is 12.1 Å². The molecule has 144 valence electrons. The van der Waals surface area contributed by atoms with Crippen molar-refractivity contribution in [3.63, 3.8) is 0 Å². The van der Waals surface area contributed by atoms with Gasteiger partial charge in [-0.15, -0.1) is 12.4 Å². The first kappa shape index (κ1) is 20.9. The van der Waals surface area contributed by atoms with E-state index in [2.05, 4.69) is 10.6 Å². The number of hydrogen-bond donors (Lipinski definition) is 2. The molecular formula is C20H24ClN3O3. The molecule has 3 amide bonds. The zero-order valence-corrected chi connectivity index (χ0v) is 16.1. The molecule has 0 spiro atoms. The van der Waals surface area contributed by atoms with Crippen LogP contribution in [0.3, 0.4) is 0 Å². The minimum Gasteiger partial charge on any atom is -0.356 e. The van der Waals surface area contributed by atoms with Gasteiger partial charge < -0.3 is 10.6 Å². The van der Waals surface area contributed by atoms with E-state index >= 15 is 0 Å². The van der Waals surface area contributed by atoms with E-state index in [0.29, 0.717) is 30.5 Å². The van der Waals surface area contributed by atoms with Gasteiger partial charge in [0.25, 0.3) is 11.8 Å². The molecule has 0 bridgehead atoms. The molecule has 0 saturated heterocycles. The van der Waals surface area contributed by atoms with Gasteiger partial charge in [0.15, 0.2) is 0 Å². The lowest BCUT2D eigenvalue weighted by molar-refractivity contribution is -0.121. The van der Waals surface area contributed by atoms with Crippen LogP contribution in [-0.2, 0) is 4.79 Å². The van der Waals surface area contributed by atoms with Crippen LogP contribution in [0.2, 0.25) is 0 Å². The Morgan fingerprint density at radius 3 is 2.19 bits per heavy atom. The number of halogens is 1. The van der Waals surface area contributed by atoms with Gasteiger partial charge in [-0.05, 0) is 44.0 Å². The predicted molar refractivity (Wildman–Crippen MR) is 107 cm³/mol. The summed E-state index contributed by atoms with van der Waals surface area (Å²) in [4.78, 5) is 38.6. The maximum atomic E-state index is 12.7. The highest BCUT2D eigenvalue weighted by Crippen LogP contribution is 2.29. The predicted octanol–water partition coefficient (Wildman–Crippen LogP) is 2.36. The summed E-state index contributed by atoms with van der Waals surface area (Å²) in [5.41, 5.74) is 1.10. The van der Waals surface area contributed by atoms with E-state index in [1.165, 1.54) is 4.90 Å². The normalized spacial score (nSPS) is 12.9. The number of hydrogen-bond acceptors (Lipinski definition) is 4. The van der Waals surface area contributed by atoms with E-state index in [-0.39, 0.29) is 36.7 Å². The molecule has 2 aromatic rings. The molecule has 1 aliphatic rings. The standard InChI is InChI=1S/C20H23N3O3.ClH/c1-21-11-5-12-22-17(24)10-4-13-23-19(25)15-8-2-6-14-7-3-9-16(18(14)15)20(23)26;/h2-3,6-9,21H,4-5,10-13H2,1H3,(H,22,24);1H. The number of nitrogens with one attached hydrogen (secondary N) is 2. The van der Waals surface area contributed by atoms with Gasteiger partial charge in [-0.3, -0.25) is 19.3 Å². The van der Waals surface area contributed by atoms with Crippen LogP contribution in [0.5, 0.6) is 0 Å². The largest absolute Gasteiger partial charge is 0.356 e. The summed E-state index contributed by atoms with van der Waals surface area (Å²) in [5.74, 6) is -0.622. The highest BCUT2D eigenvalue weighted by atomic mass is 35.5. The van der Waals surface area contributed by atoms with E-state index in [1.807, 2.05) is 31.3 Å². The Kier molecular flexibility index (Phi) is 7.33. The number of rotatable bonds is 8. The van der Waals surface area contributed by atoms with Gasteiger partial charge >= 0.3 is 0 Å². The zero-order chi connectivity index (χ0) is 18.5. The molecule has 0 aliphatic carbocycles. The quantitative estimate of drug-likeness (QED) is 0.536. The lowest BCUT2D eigenvalue weighted by Gasteiger charge is -2.27. The average molecular weight is 390 g/mol. The molecule has 0 fully saturated rings. The van der Waals surface area contributed by atoms with Gasteiger partial charge in [-0.25, -0.2) is 0 Å². The van der Waals surface area contributed by atoms with Gasteiger partial charge in [0.05, 0.1) is 0 Å². The maximum absolute atomic E-state index is 12.7. The number of benzene rings is 2. The summed E-state index contributed by atoms with van der Waals surface area (Å²) >= 11 is 0. The fourth-order valence-electron chi connectivity index (χ4n) is 3.26. The van der Waals surface area contributed by atoms with Crippen LogP contribution < -0.4 is 10.6 Å². The highest BCUT2D eigenvalue weighted by molar-refractivity contribution is 6.25. The summed E-state index contributed by atoms with van der Waals surface area (Å²) < 4.78 is 0. The van der Waals surface area contributed by atoms with Crippen LogP contribution in [0.25, 0.3) is 10.8 Å². The van der Waals surface area contributed by atoms with Crippen molar-refractivity contribution in [3.05, 3.63) is 47.5 Å². The van der Waals surface area contributed by atoms with Crippen LogP contribution in [0.4, 0.5) is 0 Å². The summed E-state index contributed by atoms with van der Waals surface area (Å²) in [6, 6.07) is 11.0. The number of imide groups is 1. The van der Waals surface area contributed by atoms with Crippen LogP contribution >= 0.6 is 12.4 Å². The Morgan fingerprint density at radius 1 is 0.963 bits per heavy atom. The molecule has 0 radical (unpaired) electrons. The molecular weight excluding hydrogens is 366 g/mol. The molecule has 2 aromatic carbocycles. The molecule has 7 heteroatoms. The molecule has 1 heterocycles. The van der Waals surface area contributed by atoms with E-state index < -0.39 is 0 Å². The monoisotopic (exact) mass is 389 g/mol. The summed E-state index contributed by atoms with van der Waals surface area (Å²) in [6.45, 7) is 1.71. The number of amides is 3. The average Bonchev–Trinajstić information content (AvgIpc) is 2.66. The number of carbonyl (C=O) groups excluding carboxylic acids is 3. The van der Waals surface area contributed by atoms with Crippen molar-refractivity contribution >= 4 is 40.9 Å². The summed E-state index contributed by atoms with van der Waals surface area (Å²) in [7, 11) is 1.87. The zero-order valence-electron chi connectivity index (χ0n) is 15.3. The van der Waals surface area contributed by atoms with Gasteiger partial charge in [-0.1, -0.05) is 24.3 Å². The fourth-order valence-corrected chi connectivity index (χ4v) is 3.26. The molecule has 0 atom stereocenters. The van der Waals surface area contributed by atoms with E-state index in [9.17, 15) is 14.4 Å². The summed E-state index contributed by atoms with van der Waals surface area (Å²) in [5, 5.41) is 7.48. The third-order valence-electron chi connectivity index (χ3n) is 4.57. The first-order chi connectivity index (χ1) is 12.6. The van der Waals surface area contributed by atoms with Crippen LogP contribution in [-0.4, -0.2) is 49.3 Å². The second kappa shape index (κ2) is 9.48. The van der Waals surface area contributed by atoms with E-state index in [4.69, 9.17) is 0 Å². The van der Waals surface area contributed by atoms with Crippen molar-refractivity contribution in [2.24, 2.45) is 0 Å². The van der Waals surface area contributed by atoms with Gasteiger partial charge in [0.2, 0.25) is 5.91 Å². The van der Waals surface area contributed by atoms with Crippen molar-refractivity contribution in [3.8, 4) is 0 Å². The van der Waals surface area contributed by atoms with Crippen LogP contribution in [0, 0.1) is 0 Å². The lowest BCUT2D eigenvalue weighted by atomic mass is 9.94. The lowest BCUT2D eigenvalue weighted by Crippen LogP contribution is -2.41. The summed E-state index contributed by atoms with van der Waals surface area (Å²) in [6.07, 6.45) is 1.61. The van der Waals surface area contributed by atoms with Gasteiger partial charge in [0.1, 0.15) is 0 Å². The maximum Gasteiger partial charge on any atom is 0.261 e. The van der Waals surface area contributed by atoms with Crippen molar-refractivity contribution in [1.82, 2.24) is 15.5 Å². The van der Waals surface area contributed by atoms with Crippen molar-refractivity contribution < 1.29 is 14.4 Å². The van der Waals surface area contributed by atoms with Crippen molar-refractivity contribution in [1.29, 1.82) is 0 Å². The Morgan fingerprint density at radius 2 is 1.59 bits per heavy atom. The molecule has 0 unspecified atom stereocenters.